The van der Waals surface area contributed by atoms with Gasteiger partial charge in [0.15, 0.2) is 11.6 Å². The van der Waals surface area contributed by atoms with Gasteiger partial charge in [0.2, 0.25) is 5.91 Å². The van der Waals surface area contributed by atoms with Crippen molar-refractivity contribution in [1.82, 2.24) is 20.1 Å². The van der Waals surface area contributed by atoms with Crippen molar-refractivity contribution >= 4 is 34.8 Å². The van der Waals surface area contributed by atoms with Gasteiger partial charge in [0, 0.05) is 56.9 Å². The SMILES string of the molecule is C=CC(=O)N1CCC[C@@H](Nc2nc(Nc3ccc(F)cc3N3CCN(C4COC4)C[C@@H]3C)c3c(c2F)CNC3=O)C1. The lowest BCUT2D eigenvalue weighted by atomic mass is 10.0. The molecule has 41 heavy (non-hydrogen) atoms. The van der Waals surface area contributed by atoms with Crippen LogP contribution in [0, 0.1) is 11.6 Å². The smallest absolute Gasteiger partial charge is 0.255 e. The van der Waals surface area contributed by atoms with Gasteiger partial charge < -0.3 is 30.5 Å². The lowest BCUT2D eigenvalue weighted by molar-refractivity contribution is -0.127. The Balaban J connectivity index is 1.29. The summed E-state index contributed by atoms with van der Waals surface area (Å²) in [6.07, 6.45) is 2.77. The van der Waals surface area contributed by atoms with Gasteiger partial charge in [-0.2, -0.15) is 0 Å². The molecule has 0 spiro atoms. The summed E-state index contributed by atoms with van der Waals surface area (Å²) in [6.45, 7) is 10.5. The van der Waals surface area contributed by atoms with Gasteiger partial charge in [0.05, 0.1) is 36.2 Å². The van der Waals surface area contributed by atoms with Crippen molar-refractivity contribution < 1.29 is 23.1 Å². The van der Waals surface area contributed by atoms with E-state index in [1.54, 1.807) is 11.0 Å². The van der Waals surface area contributed by atoms with E-state index in [0.29, 0.717) is 37.1 Å². The molecule has 2 amide bonds. The number of amides is 2. The molecule has 0 aliphatic carbocycles. The van der Waals surface area contributed by atoms with E-state index in [9.17, 15) is 14.0 Å². The number of fused-ring (bicyclic) bond motifs is 1. The molecule has 0 radical (unpaired) electrons. The predicted molar refractivity (Wildman–Crippen MR) is 151 cm³/mol. The van der Waals surface area contributed by atoms with Gasteiger partial charge in [-0.25, -0.2) is 13.8 Å². The lowest BCUT2D eigenvalue weighted by Crippen LogP contribution is -2.59. The van der Waals surface area contributed by atoms with Crippen molar-refractivity contribution in [3.8, 4) is 0 Å². The Bertz CT molecular complexity index is 1370. The first kappa shape index (κ1) is 27.4. The lowest BCUT2D eigenvalue weighted by Gasteiger charge is -2.46. The normalized spacial score (nSPS) is 23.0. The molecular formula is C29H35F2N7O3. The number of anilines is 4. The number of pyridine rings is 1. The number of ether oxygens (including phenoxy) is 1. The largest absolute Gasteiger partial charge is 0.378 e. The standard InChI is InChI=1S/C29H35F2N7O3/c1-3-24(39)37-8-4-5-19(14-37)33-28-26(31)21-12-32-29(40)25(21)27(35-28)34-22-7-6-18(30)11-23(22)38-10-9-36(13-17(38)2)20-15-41-16-20/h3,6-7,11,17,19-20H,1,4-5,8-10,12-16H2,2H3,(H,32,40)(H2,33,34,35)/t17-,19+/m0/s1. The highest BCUT2D eigenvalue weighted by Crippen LogP contribution is 2.37. The first-order chi connectivity index (χ1) is 19.8. The summed E-state index contributed by atoms with van der Waals surface area (Å²) < 4.78 is 35.6. The van der Waals surface area contributed by atoms with Crippen LogP contribution < -0.4 is 20.9 Å². The first-order valence-corrected chi connectivity index (χ1v) is 14.2. The average Bonchev–Trinajstić information content (AvgIpc) is 3.33. The molecule has 1 aromatic carbocycles. The first-order valence-electron chi connectivity index (χ1n) is 14.2. The molecule has 1 aromatic heterocycles. The van der Waals surface area contributed by atoms with Gasteiger partial charge in [-0.05, 0) is 44.0 Å². The zero-order chi connectivity index (χ0) is 28.7. The summed E-state index contributed by atoms with van der Waals surface area (Å²) in [5, 5.41) is 9.11. The number of carbonyl (C=O) groups excluding carboxylic acids is 2. The molecule has 0 bridgehead atoms. The number of benzene rings is 1. The Kier molecular flexibility index (Phi) is 7.52. The third-order valence-corrected chi connectivity index (χ3v) is 8.45. The van der Waals surface area contributed by atoms with E-state index in [-0.39, 0.29) is 53.1 Å². The Labute approximate surface area is 237 Å². The van der Waals surface area contributed by atoms with E-state index in [0.717, 1.165) is 39.1 Å². The number of nitrogens with one attached hydrogen (secondary N) is 3. The number of hydrogen-bond acceptors (Lipinski definition) is 8. The van der Waals surface area contributed by atoms with E-state index in [4.69, 9.17) is 4.74 Å². The van der Waals surface area contributed by atoms with Crippen molar-refractivity contribution in [2.75, 3.05) is 61.5 Å². The Morgan fingerprint density at radius 3 is 2.76 bits per heavy atom. The number of piperazine rings is 1. The molecular weight excluding hydrogens is 532 g/mol. The van der Waals surface area contributed by atoms with Gasteiger partial charge in [-0.15, -0.1) is 0 Å². The topological polar surface area (TPSA) is 102 Å². The van der Waals surface area contributed by atoms with Crippen LogP contribution in [0.4, 0.5) is 31.8 Å². The molecule has 0 saturated carbocycles. The number of piperidine rings is 1. The number of hydrogen-bond donors (Lipinski definition) is 3. The van der Waals surface area contributed by atoms with Crippen LogP contribution in [0.3, 0.4) is 0 Å². The van der Waals surface area contributed by atoms with Crippen LogP contribution in [0.15, 0.2) is 30.9 Å². The number of nitrogens with zero attached hydrogens (tertiary/aromatic N) is 4. The monoisotopic (exact) mass is 567 g/mol. The van der Waals surface area contributed by atoms with E-state index >= 15 is 4.39 Å². The van der Waals surface area contributed by atoms with Crippen molar-refractivity contribution in [3.63, 3.8) is 0 Å². The molecule has 3 fully saturated rings. The molecule has 4 aliphatic rings. The maximum atomic E-state index is 15.6. The van der Waals surface area contributed by atoms with Gasteiger partial charge in [-0.3, -0.25) is 14.5 Å². The van der Waals surface area contributed by atoms with Crippen LogP contribution in [0.1, 0.15) is 35.7 Å². The second-order valence-electron chi connectivity index (χ2n) is 11.1. The minimum atomic E-state index is -0.597. The van der Waals surface area contributed by atoms with E-state index < -0.39 is 11.7 Å². The summed E-state index contributed by atoms with van der Waals surface area (Å²) in [5.74, 6) is -1.36. The van der Waals surface area contributed by atoms with E-state index in [1.807, 2.05) is 0 Å². The quantitative estimate of drug-likeness (QED) is 0.440. The number of aromatic nitrogens is 1. The zero-order valence-corrected chi connectivity index (χ0v) is 23.1. The van der Waals surface area contributed by atoms with E-state index in [1.165, 1.54) is 18.2 Å². The van der Waals surface area contributed by atoms with Crippen molar-refractivity contribution in [2.24, 2.45) is 0 Å². The number of rotatable bonds is 7. The van der Waals surface area contributed by atoms with Crippen LogP contribution >= 0.6 is 0 Å². The maximum absolute atomic E-state index is 15.6. The zero-order valence-electron chi connectivity index (χ0n) is 23.1. The summed E-state index contributed by atoms with van der Waals surface area (Å²) in [4.78, 5) is 35.7. The third-order valence-electron chi connectivity index (χ3n) is 8.45. The summed E-state index contributed by atoms with van der Waals surface area (Å²) in [5.41, 5.74) is 1.59. The minimum Gasteiger partial charge on any atom is -0.378 e. The summed E-state index contributed by atoms with van der Waals surface area (Å²) in [7, 11) is 0. The van der Waals surface area contributed by atoms with Crippen molar-refractivity contribution in [2.45, 2.75) is 44.4 Å². The molecule has 3 N–H and O–H groups in total. The summed E-state index contributed by atoms with van der Waals surface area (Å²) >= 11 is 0. The maximum Gasteiger partial charge on any atom is 0.255 e. The fourth-order valence-electron chi connectivity index (χ4n) is 6.17. The highest BCUT2D eigenvalue weighted by atomic mass is 19.1. The van der Waals surface area contributed by atoms with Crippen LogP contribution in [-0.2, 0) is 16.1 Å². The number of halogens is 2. The molecule has 12 heteroatoms. The fraction of sp³-hybridized carbons (Fsp3) is 0.483. The van der Waals surface area contributed by atoms with Crippen LogP contribution in [0.5, 0.6) is 0 Å². The minimum absolute atomic E-state index is 0.00835. The van der Waals surface area contributed by atoms with Crippen LogP contribution in [0.25, 0.3) is 0 Å². The molecule has 4 aliphatic heterocycles. The van der Waals surface area contributed by atoms with Crippen LogP contribution in [-0.4, -0.2) is 90.7 Å². The highest BCUT2D eigenvalue weighted by Gasteiger charge is 2.35. The second-order valence-corrected chi connectivity index (χ2v) is 11.1. The molecule has 0 unspecified atom stereocenters. The molecule has 218 valence electrons. The Hall–Kier alpha value is -3.77. The molecule has 2 aromatic rings. The average molecular weight is 568 g/mol. The third kappa shape index (κ3) is 5.33. The van der Waals surface area contributed by atoms with Gasteiger partial charge >= 0.3 is 0 Å². The fourth-order valence-corrected chi connectivity index (χ4v) is 6.17. The molecule has 10 nitrogen and oxygen atoms in total. The highest BCUT2D eigenvalue weighted by molar-refractivity contribution is 6.04. The Morgan fingerprint density at radius 2 is 2.02 bits per heavy atom. The van der Waals surface area contributed by atoms with Crippen molar-refractivity contribution in [1.29, 1.82) is 0 Å². The Morgan fingerprint density at radius 1 is 1.20 bits per heavy atom. The summed E-state index contributed by atoms with van der Waals surface area (Å²) in [6, 6.07) is 4.77. The van der Waals surface area contributed by atoms with E-state index in [2.05, 4.69) is 44.2 Å². The van der Waals surface area contributed by atoms with Gasteiger partial charge in [-0.1, -0.05) is 6.58 Å². The van der Waals surface area contributed by atoms with Crippen LogP contribution in [0.2, 0.25) is 0 Å². The number of likely N-dealkylation sites (tertiary alicyclic amines) is 1. The number of carbonyl (C=O) groups is 2. The predicted octanol–water partition coefficient (Wildman–Crippen LogP) is 2.85. The molecule has 6 rings (SSSR count). The second kappa shape index (κ2) is 11.2. The molecule has 2 atom stereocenters. The molecule has 5 heterocycles. The van der Waals surface area contributed by atoms with Gasteiger partial charge in [0.25, 0.3) is 5.91 Å². The van der Waals surface area contributed by atoms with Crippen molar-refractivity contribution in [3.05, 3.63) is 53.6 Å². The molecule has 3 saturated heterocycles. The van der Waals surface area contributed by atoms with Gasteiger partial charge in [0.1, 0.15) is 11.6 Å².